The lowest BCUT2D eigenvalue weighted by Gasteiger charge is -2.12. The van der Waals surface area contributed by atoms with Crippen LogP contribution in [0.15, 0.2) is 18.2 Å². The molecule has 0 amide bonds. The fourth-order valence-electron chi connectivity index (χ4n) is 1.45. The topological polar surface area (TPSA) is 79.2 Å². The lowest BCUT2D eigenvalue weighted by molar-refractivity contribution is 0.416. The van der Waals surface area contributed by atoms with Crippen LogP contribution >= 0.6 is 0 Å². The first kappa shape index (κ1) is 15.3. The van der Waals surface area contributed by atoms with Crippen LogP contribution in [0.4, 0.5) is 5.69 Å². The lowest BCUT2D eigenvalue weighted by atomic mass is 10.2. The zero-order chi connectivity index (χ0) is 14.5. The largest absolute Gasteiger partial charge is 0.495 e. The average Bonchev–Trinajstić information content (AvgIpc) is 2.36. The van der Waals surface area contributed by atoms with E-state index in [2.05, 4.69) is 4.72 Å². The van der Waals surface area contributed by atoms with Crippen LogP contribution in [-0.4, -0.2) is 21.3 Å². The highest BCUT2D eigenvalue weighted by Crippen LogP contribution is 2.26. The number of benzene rings is 1. The van der Waals surface area contributed by atoms with Gasteiger partial charge in [0.15, 0.2) is 0 Å². The minimum atomic E-state index is -3.39. The molecule has 0 aliphatic carbocycles. The minimum absolute atomic E-state index is 0.0633. The number of rotatable bonds is 6. The van der Waals surface area contributed by atoms with Crippen LogP contribution in [0.3, 0.4) is 0 Å². The van der Waals surface area contributed by atoms with E-state index in [1.807, 2.05) is 19.9 Å². The summed E-state index contributed by atoms with van der Waals surface area (Å²) in [6, 6.07) is 6.55. The van der Waals surface area contributed by atoms with E-state index in [4.69, 9.17) is 10.00 Å². The number of ether oxygens (including phenoxy) is 1. The summed E-state index contributed by atoms with van der Waals surface area (Å²) in [5.74, 6) is 0.722. The molecule has 0 aliphatic heterocycles. The van der Waals surface area contributed by atoms with Gasteiger partial charge in [0.2, 0.25) is 10.0 Å². The van der Waals surface area contributed by atoms with Crippen molar-refractivity contribution in [1.82, 2.24) is 0 Å². The Bertz CT molecular complexity index is 574. The highest BCUT2D eigenvalue weighted by Gasteiger charge is 2.14. The quantitative estimate of drug-likeness (QED) is 0.868. The molecule has 0 atom stereocenters. The summed E-state index contributed by atoms with van der Waals surface area (Å²) in [5.41, 5.74) is 0.771. The molecule has 0 fully saturated rings. The third kappa shape index (κ3) is 4.79. The van der Waals surface area contributed by atoms with Crippen LogP contribution in [0.2, 0.25) is 0 Å². The molecule has 5 nitrogen and oxygen atoms in total. The van der Waals surface area contributed by atoms with E-state index in [0.717, 1.165) is 0 Å². The van der Waals surface area contributed by atoms with Crippen molar-refractivity contribution in [3.63, 3.8) is 0 Å². The maximum atomic E-state index is 11.9. The SMILES string of the molecule is COc1cc(C#N)ccc1NS(=O)(=O)CCC(C)C. The number of methoxy groups -OCH3 is 1. The van der Waals surface area contributed by atoms with Gasteiger partial charge < -0.3 is 4.74 Å². The van der Waals surface area contributed by atoms with Crippen LogP contribution < -0.4 is 9.46 Å². The molecule has 104 valence electrons. The number of hydrogen-bond donors (Lipinski definition) is 1. The third-order valence-corrected chi connectivity index (χ3v) is 3.86. The van der Waals surface area contributed by atoms with Crippen molar-refractivity contribution in [3.05, 3.63) is 23.8 Å². The van der Waals surface area contributed by atoms with Gasteiger partial charge in [0, 0.05) is 6.07 Å². The number of anilines is 1. The van der Waals surface area contributed by atoms with Crippen LogP contribution in [0.5, 0.6) is 5.75 Å². The van der Waals surface area contributed by atoms with Crippen molar-refractivity contribution in [2.45, 2.75) is 20.3 Å². The molecule has 0 saturated carbocycles. The van der Waals surface area contributed by atoms with Crippen LogP contribution in [0.1, 0.15) is 25.8 Å². The van der Waals surface area contributed by atoms with E-state index in [0.29, 0.717) is 29.3 Å². The monoisotopic (exact) mass is 282 g/mol. The molecule has 0 bridgehead atoms. The van der Waals surface area contributed by atoms with Gasteiger partial charge >= 0.3 is 0 Å². The summed E-state index contributed by atoms with van der Waals surface area (Å²) in [7, 11) is -1.96. The molecule has 0 aromatic heterocycles. The first-order chi connectivity index (χ1) is 8.88. The Morgan fingerprint density at radius 3 is 2.63 bits per heavy atom. The number of nitrogens with zero attached hydrogens (tertiary/aromatic N) is 1. The van der Waals surface area contributed by atoms with Crippen molar-refractivity contribution in [2.75, 3.05) is 17.6 Å². The Balaban J connectivity index is 2.90. The van der Waals surface area contributed by atoms with E-state index in [9.17, 15) is 8.42 Å². The first-order valence-electron chi connectivity index (χ1n) is 5.96. The van der Waals surface area contributed by atoms with Gasteiger partial charge in [0.25, 0.3) is 0 Å². The molecule has 0 radical (unpaired) electrons. The van der Waals surface area contributed by atoms with Crippen molar-refractivity contribution in [3.8, 4) is 11.8 Å². The summed E-state index contributed by atoms with van der Waals surface area (Å²) in [5, 5.41) is 8.78. The Morgan fingerprint density at radius 2 is 2.11 bits per heavy atom. The molecule has 1 aromatic rings. The second-order valence-corrected chi connectivity index (χ2v) is 6.47. The van der Waals surface area contributed by atoms with Gasteiger partial charge in [-0.1, -0.05) is 13.8 Å². The minimum Gasteiger partial charge on any atom is -0.495 e. The summed E-state index contributed by atoms with van der Waals surface area (Å²) in [6.45, 7) is 3.94. The molecule has 1 rings (SSSR count). The lowest BCUT2D eigenvalue weighted by Crippen LogP contribution is -2.18. The van der Waals surface area contributed by atoms with Crippen LogP contribution in [0, 0.1) is 17.2 Å². The highest BCUT2D eigenvalue weighted by molar-refractivity contribution is 7.92. The second-order valence-electron chi connectivity index (χ2n) is 4.63. The van der Waals surface area contributed by atoms with Gasteiger partial charge in [-0.2, -0.15) is 5.26 Å². The van der Waals surface area contributed by atoms with Gasteiger partial charge in [-0.3, -0.25) is 4.72 Å². The van der Waals surface area contributed by atoms with Gasteiger partial charge in [-0.25, -0.2) is 8.42 Å². The molecule has 0 saturated heterocycles. The molecule has 0 heterocycles. The summed E-state index contributed by atoms with van der Waals surface area (Å²) < 4.78 is 31.4. The number of hydrogen-bond acceptors (Lipinski definition) is 4. The molecule has 0 aliphatic rings. The Labute approximate surface area is 114 Å². The van der Waals surface area contributed by atoms with Gasteiger partial charge in [0.05, 0.1) is 30.2 Å². The van der Waals surface area contributed by atoms with E-state index >= 15 is 0 Å². The normalized spacial score (nSPS) is 11.1. The summed E-state index contributed by atoms with van der Waals surface area (Å²) in [6.07, 6.45) is 0.591. The number of nitrogens with one attached hydrogen (secondary N) is 1. The van der Waals surface area contributed by atoms with Crippen molar-refractivity contribution < 1.29 is 13.2 Å². The number of sulfonamides is 1. The average molecular weight is 282 g/mol. The predicted molar refractivity (Wildman–Crippen MR) is 74.6 cm³/mol. The molecule has 1 N–H and O–H groups in total. The van der Waals surface area contributed by atoms with Crippen LogP contribution in [0.25, 0.3) is 0 Å². The Kier molecular flexibility index (Phi) is 5.19. The van der Waals surface area contributed by atoms with E-state index in [1.165, 1.54) is 19.2 Å². The summed E-state index contributed by atoms with van der Waals surface area (Å²) >= 11 is 0. The zero-order valence-electron chi connectivity index (χ0n) is 11.3. The maximum absolute atomic E-state index is 11.9. The van der Waals surface area contributed by atoms with E-state index in [-0.39, 0.29) is 5.75 Å². The van der Waals surface area contributed by atoms with Crippen molar-refractivity contribution in [1.29, 1.82) is 5.26 Å². The fourth-order valence-corrected chi connectivity index (χ4v) is 2.84. The molecule has 1 aromatic carbocycles. The Hall–Kier alpha value is -1.74. The van der Waals surface area contributed by atoms with Crippen molar-refractivity contribution in [2.24, 2.45) is 5.92 Å². The zero-order valence-corrected chi connectivity index (χ0v) is 12.1. The maximum Gasteiger partial charge on any atom is 0.232 e. The molecule has 6 heteroatoms. The molecular weight excluding hydrogens is 264 g/mol. The fraction of sp³-hybridized carbons (Fsp3) is 0.462. The standard InChI is InChI=1S/C13H18N2O3S/c1-10(2)6-7-19(16,17)15-12-5-4-11(9-14)8-13(12)18-3/h4-5,8,10,15H,6-7H2,1-3H3. The molecular formula is C13H18N2O3S. The highest BCUT2D eigenvalue weighted by atomic mass is 32.2. The molecule has 19 heavy (non-hydrogen) atoms. The van der Waals surface area contributed by atoms with Gasteiger partial charge in [0.1, 0.15) is 5.75 Å². The summed E-state index contributed by atoms with van der Waals surface area (Å²) in [4.78, 5) is 0. The number of nitriles is 1. The third-order valence-electron chi connectivity index (χ3n) is 2.56. The second kappa shape index (κ2) is 6.43. The first-order valence-corrected chi connectivity index (χ1v) is 7.62. The van der Waals surface area contributed by atoms with Gasteiger partial charge in [-0.15, -0.1) is 0 Å². The van der Waals surface area contributed by atoms with E-state index in [1.54, 1.807) is 6.07 Å². The molecule has 0 unspecified atom stereocenters. The smallest absolute Gasteiger partial charge is 0.232 e. The van der Waals surface area contributed by atoms with Crippen molar-refractivity contribution >= 4 is 15.7 Å². The molecule has 0 spiro atoms. The predicted octanol–water partition coefficient (Wildman–Crippen LogP) is 2.35. The van der Waals surface area contributed by atoms with E-state index < -0.39 is 10.0 Å². The Morgan fingerprint density at radius 1 is 1.42 bits per heavy atom. The van der Waals surface area contributed by atoms with Gasteiger partial charge in [-0.05, 0) is 24.5 Å². The van der Waals surface area contributed by atoms with Crippen LogP contribution in [-0.2, 0) is 10.0 Å².